The van der Waals surface area contributed by atoms with E-state index >= 15 is 0 Å². The van der Waals surface area contributed by atoms with Crippen LogP contribution in [0.25, 0.3) is 0 Å². The van der Waals surface area contributed by atoms with Crippen LogP contribution in [-0.2, 0) is 4.79 Å². The molecule has 3 N–H and O–H groups in total. The van der Waals surface area contributed by atoms with Crippen molar-refractivity contribution in [2.75, 3.05) is 26.5 Å². The molecule has 1 aromatic rings. The lowest BCUT2D eigenvalue weighted by Gasteiger charge is -2.27. The minimum atomic E-state index is -0.274. The van der Waals surface area contributed by atoms with E-state index < -0.39 is 0 Å². The largest absolute Gasteiger partial charge is 0.505 e. The number of nitrogens with zero attached hydrogens (tertiary/aromatic N) is 2. The van der Waals surface area contributed by atoms with Crippen molar-refractivity contribution in [3.8, 4) is 11.8 Å². The van der Waals surface area contributed by atoms with E-state index in [0.29, 0.717) is 18.4 Å². The number of Topliss-reactive ketones (excluding diaryl/α,β-unsaturated/α-hetero) is 1. The number of nitriles is 1. The lowest BCUT2D eigenvalue weighted by molar-refractivity contribution is -0.116. The van der Waals surface area contributed by atoms with Gasteiger partial charge in [-0.25, -0.2) is 0 Å². The van der Waals surface area contributed by atoms with Crippen LogP contribution >= 0.6 is 0 Å². The lowest BCUT2D eigenvalue weighted by atomic mass is 9.97. The molecule has 0 amide bonds. The summed E-state index contributed by atoms with van der Waals surface area (Å²) in [6.07, 6.45) is 1.69. The Morgan fingerprint density at radius 2 is 2.00 bits per heavy atom. The molecule has 0 radical (unpaired) electrons. The number of phenolic OH excluding ortho intramolecular Hbond substituents is 1. The Labute approximate surface area is 154 Å². The highest BCUT2D eigenvalue weighted by atomic mass is 16.3. The van der Waals surface area contributed by atoms with Crippen molar-refractivity contribution in [3.05, 3.63) is 34.7 Å². The first-order valence-corrected chi connectivity index (χ1v) is 8.36. The highest BCUT2D eigenvalue weighted by Gasteiger charge is 2.29. The Morgan fingerprint density at radius 1 is 1.38 bits per heavy atom. The van der Waals surface area contributed by atoms with Crippen molar-refractivity contribution in [2.24, 2.45) is 0 Å². The molecular formula is C19H26N4O3. The Hall–Kier alpha value is -2.85. The molecule has 2 rings (SSSR count). The molecular weight excluding hydrogens is 332 g/mol. The van der Waals surface area contributed by atoms with Crippen LogP contribution in [0.2, 0.25) is 0 Å². The van der Waals surface area contributed by atoms with E-state index in [4.69, 9.17) is 5.26 Å². The van der Waals surface area contributed by atoms with Crippen molar-refractivity contribution in [3.63, 3.8) is 0 Å². The number of carbonyl (C=O) groups is 2. The van der Waals surface area contributed by atoms with E-state index in [1.165, 1.54) is 12.1 Å². The van der Waals surface area contributed by atoms with Crippen LogP contribution in [0.5, 0.6) is 5.75 Å². The third kappa shape index (κ3) is 5.60. The molecule has 0 saturated carbocycles. The number of anilines is 1. The third-order valence-corrected chi connectivity index (χ3v) is 3.61. The predicted molar refractivity (Wildman–Crippen MR) is 101 cm³/mol. The van der Waals surface area contributed by atoms with Gasteiger partial charge < -0.3 is 20.6 Å². The first-order valence-electron chi connectivity index (χ1n) is 8.36. The van der Waals surface area contributed by atoms with Gasteiger partial charge in [0.05, 0.1) is 29.3 Å². The molecule has 0 fully saturated rings. The predicted octanol–water partition coefficient (Wildman–Crippen LogP) is 2.24. The van der Waals surface area contributed by atoms with E-state index in [1.807, 2.05) is 46.0 Å². The average molecular weight is 358 g/mol. The van der Waals surface area contributed by atoms with Gasteiger partial charge in [0.2, 0.25) is 0 Å². The Morgan fingerprint density at radius 3 is 2.46 bits per heavy atom. The van der Waals surface area contributed by atoms with Gasteiger partial charge in [-0.15, -0.1) is 0 Å². The van der Waals surface area contributed by atoms with Crippen LogP contribution in [0.4, 0.5) is 5.69 Å². The summed E-state index contributed by atoms with van der Waals surface area (Å²) in [5.41, 5.74) is 1.54. The number of phenols is 1. The van der Waals surface area contributed by atoms with E-state index in [2.05, 4.69) is 10.6 Å². The molecule has 1 aliphatic carbocycles. The second-order valence-corrected chi connectivity index (χ2v) is 6.57. The number of hydrogen-bond donors (Lipinski definition) is 3. The molecule has 7 nitrogen and oxygen atoms in total. The topological polar surface area (TPSA) is 105 Å². The maximum atomic E-state index is 11.8. The van der Waals surface area contributed by atoms with Gasteiger partial charge in [-0.3, -0.25) is 9.59 Å². The molecule has 0 saturated heterocycles. The van der Waals surface area contributed by atoms with Crippen molar-refractivity contribution in [1.29, 1.82) is 5.26 Å². The molecule has 26 heavy (non-hydrogen) atoms. The zero-order chi connectivity index (χ0) is 19.9. The van der Waals surface area contributed by atoms with Gasteiger partial charge in [0.1, 0.15) is 11.4 Å². The molecule has 0 spiro atoms. The highest BCUT2D eigenvalue weighted by molar-refractivity contribution is 6.07. The zero-order valence-corrected chi connectivity index (χ0v) is 15.9. The minimum absolute atomic E-state index is 0.00496. The third-order valence-electron chi connectivity index (χ3n) is 3.61. The number of hydrogen-bond acceptors (Lipinski definition) is 7. The summed E-state index contributed by atoms with van der Waals surface area (Å²) in [5.74, 6) is -0.357. The standard InChI is InChI=1S/C16H17N3O3.C3H9N/c1-3-9(2)18-12-6-14(21)15(12)19-13-5-10(7-17)4-11(8-20)16(13)22;1-4(2)3/h4-5,8-9,18-19,22H,3,6H2,1-2H3;1-3H3. The molecule has 1 aliphatic rings. The highest BCUT2D eigenvalue weighted by Crippen LogP contribution is 2.32. The van der Waals surface area contributed by atoms with Crippen molar-refractivity contribution in [2.45, 2.75) is 32.7 Å². The molecule has 1 aromatic carbocycles. The molecule has 0 aromatic heterocycles. The molecule has 1 unspecified atom stereocenters. The van der Waals surface area contributed by atoms with Crippen molar-refractivity contribution >= 4 is 17.8 Å². The van der Waals surface area contributed by atoms with Gasteiger partial charge in [0.15, 0.2) is 12.1 Å². The SMILES string of the molecule is CCC(C)NC1=C(Nc2cc(C#N)cc(C=O)c2O)C(=O)C1.CN(C)C. The number of nitrogens with one attached hydrogen (secondary N) is 2. The van der Waals surface area contributed by atoms with Crippen LogP contribution in [-0.4, -0.2) is 49.3 Å². The fraction of sp³-hybridized carbons (Fsp3) is 0.421. The van der Waals surface area contributed by atoms with E-state index in [0.717, 1.165) is 12.1 Å². The number of ketones is 1. The number of carbonyl (C=O) groups excluding carboxylic acids is 2. The van der Waals surface area contributed by atoms with E-state index in [-0.39, 0.29) is 34.4 Å². The summed E-state index contributed by atoms with van der Waals surface area (Å²) in [5, 5.41) is 25.0. The molecule has 0 aliphatic heterocycles. The van der Waals surface area contributed by atoms with Gasteiger partial charge >= 0.3 is 0 Å². The summed E-state index contributed by atoms with van der Waals surface area (Å²) in [7, 11) is 6.00. The van der Waals surface area contributed by atoms with Crippen LogP contribution in [0.3, 0.4) is 0 Å². The first kappa shape index (κ1) is 21.2. The second-order valence-electron chi connectivity index (χ2n) is 6.57. The maximum absolute atomic E-state index is 11.8. The Bertz CT molecular complexity index is 745. The maximum Gasteiger partial charge on any atom is 0.186 e. The minimum Gasteiger partial charge on any atom is -0.505 e. The normalized spacial score (nSPS) is 14.0. The quantitative estimate of drug-likeness (QED) is 0.529. The number of aldehydes is 1. The number of aromatic hydroxyl groups is 1. The monoisotopic (exact) mass is 358 g/mol. The molecule has 140 valence electrons. The number of allylic oxidation sites excluding steroid dienone is 2. The van der Waals surface area contributed by atoms with Gasteiger partial charge in [-0.1, -0.05) is 6.92 Å². The average Bonchev–Trinajstić information content (AvgIpc) is 2.59. The molecule has 0 heterocycles. The zero-order valence-electron chi connectivity index (χ0n) is 15.9. The fourth-order valence-corrected chi connectivity index (χ4v) is 2.11. The number of rotatable bonds is 6. The summed E-state index contributed by atoms with van der Waals surface area (Å²) in [4.78, 5) is 24.7. The number of benzene rings is 1. The van der Waals surface area contributed by atoms with Gasteiger partial charge in [-0.2, -0.15) is 5.26 Å². The van der Waals surface area contributed by atoms with Crippen LogP contribution in [0, 0.1) is 11.3 Å². The van der Waals surface area contributed by atoms with E-state index in [1.54, 1.807) is 0 Å². The molecule has 7 heteroatoms. The van der Waals surface area contributed by atoms with Crippen molar-refractivity contribution in [1.82, 2.24) is 10.2 Å². The second kappa shape index (κ2) is 9.59. The summed E-state index contributed by atoms with van der Waals surface area (Å²) in [6.45, 7) is 4.04. The van der Waals surface area contributed by atoms with Crippen molar-refractivity contribution < 1.29 is 14.7 Å². The van der Waals surface area contributed by atoms with E-state index in [9.17, 15) is 14.7 Å². The molecule has 0 bridgehead atoms. The summed E-state index contributed by atoms with van der Waals surface area (Å²) in [6, 6.07) is 4.84. The van der Waals surface area contributed by atoms with Crippen LogP contribution in [0.15, 0.2) is 23.5 Å². The van der Waals surface area contributed by atoms with Gasteiger partial charge in [0.25, 0.3) is 0 Å². The Balaban J connectivity index is 0.000000765. The fourth-order valence-electron chi connectivity index (χ4n) is 2.11. The van der Waals surface area contributed by atoms with Gasteiger partial charge in [-0.05, 0) is 46.6 Å². The smallest absolute Gasteiger partial charge is 0.186 e. The summed E-state index contributed by atoms with van der Waals surface area (Å²) < 4.78 is 0. The molecule has 1 atom stereocenters. The van der Waals surface area contributed by atoms with Crippen LogP contribution < -0.4 is 10.6 Å². The lowest BCUT2D eigenvalue weighted by Crippen LogP contribution is -2.36. The first-order chi connectivity index (χ1) is 12.2. The van der Waals surface area contributed by atoms with Gasteiger partial charge in [0, 0.05) is 11.7 Å². The van der Waals surface area contributed by atoms with Crippen LogP contribution in [0.1, 0.15) is 42.6 Å². The summed E-state index contributed by atoms with van der Waals surface area (Å²) >= 11 is 0. The Kier molecular flexibility index (Phi) is 7.81.